The van der Waals surface area contributed by atoms with E-state index in [4.69, 9.17) is 10.00 Å². The summed E-state index contributed by atoms with van der Waals surface area (Å²) in [4.78, 5) is 12.5. The van der Waals surface area contributed by atoms with Gasteiger partial charge in [0.05, 0.1) is 16.5 Å². The van der Waals surface area contributed by atoms with Crippen LogP contribution in [0.25, 0.3) is 0 Å². The van der Waals surface area contributed by atoms with Gasteiger partial charge >= 0.3 is 0 Å². The monoisotopic (exact) mass is 399 g/mol. The largest absolute Gasteiger partial charge is 0.481 e. The number of anilines is 1. The second-order valence-electron chi connectivity index (χ2n) is 6.52. The smallest absolute Gasteiger partial charge is 0.265 e. The number of nitrogens with one attached hydrogen (secondary N) is 1. The number of sulfonamides is 1. The summed E-state index contributed by atoms with van der Waals surface area (Å²) in [5.74, 6) is 0.119. The summed E-state index contributed by atoms with van der Waals surface area (Å²) in [5, 5.41) is 11.5. The van der Waals surface area contributed by atoms with Gasteiger partial charge in [0.1, 0.15) is 5.75 Å². The molecule has 2 aromatic carbocycles. The molecule has 8 heteroatoms. The maximum atomic E-state index is 12.5. The molecule has 1 amide bonds. The fraction of sp³-hybridized carbons (Fsp3) is 0.300. The zero-order valence-electron chi connectivity index (χ0n) is 15.5. The Morgan fingerprint density at radius 3 is 2.29 bits per heavy atom. The first kappa shape index (κ1) is 19.9. The third-order valence-electron chi connectivity index (χ3n) is 4.49. The Morgan fingerprint density at radius 1 is 1.11 bits per heavy atom. The van der Waals surface area contributed by atoms with E-state index < -0.39 is 16.1 Å². The number of nitrogens with zero attached hydrogens (tertiary/aromatic N) is 2. The van der Waals surface area contributed by atoms with Crippen molar-refractivity contribution in [1.82, 2.24) is 4.31 Å². The highest BCUT2D eigenvalue weighted by molar-refractivity contribution is 7.89. The molecule has 1 unspecified atom stereocenters. The quantitative estimate of drug-likeness (QED) is 0.805. The van der Waals surface area contributed by atoms with Crippen molar-refractivity contribution >= 4 is 21.6 Å². The van der Waals surface area contributed by atoms with Crippen LogP contribution in [0.15, 0.2) is 53.4 Å². The highest BCUT2D eigenvalue weighted by Crippen LogP contribution is 2.22. The van der Waals surface area contributed by atoms with E-state index in [1.165, 1.54) is 16.4 Å². The molecule has 1 heterocycles. The summed E-state index contributed by atoms with van der Waals surface area (Å²) in [6.45, 7) is 2.70. The van der Waals surface area contributed by atoms with Gasteiger partial charge in [-0.2, -0.15) is 9.57 Å². The van der Waals surface area contributed by atoms with Crippen molar-refractivity contribution in [1.29, 1.82) is 5.26 Å². The van der Waals surface area contributed by atoms with Crippen LogP contribution in [0.4, 0.5) is 5.69 Å². The average molecular weight is 399 g/mol. The molecule has 1 saturated heterocycles. The summed E-state index contributed by atoms with van der Waals surface area (Å²) >= 11 is 0. The Morgan fingerprint density at radius 2 is 1.71 bits per heavy atom. The first-order chi connectivity index (χ1) is 13.4. The molecule has 1 aliphatic rings. The maximum absolute atomic E-state index is 12.5. The minimum Gasteiger partial charge on any atom is -0.481 e. The number of benzene rings is 2. The standard InChI is InChI=1S/C20H21N3O4S/c1-15(27-18-8-4-16(14-21)5-9-18)20(24)22-17-6-10-19(11-7-17)28(25,26)23-12-2-3-13-23/h4-11,15H,2-3,12-13H2,1H3,(H,22,24). The van der Waals surface area contributed by atoms with Gasteiger partial charge in [0.2, 0.25) is 10.0 Å². The second kappa shape index (κ2) is 8.42. The van der Waals surface area contributed by atoms with Crippen LogP contribution in [-0.4, -0.2) is 37.8 Å². The molecule has 2 aromatic rings. The fourth-order valence-electron chi connectivity index (χ4n) is 2.90. The highest BCUT2D eigenvalue weighted by Gasteiger charge is 2.27. The van der Waals surface area contributed by atoms with E-state index in [0.29, 0.717) is 30.1 Å². The van der Waals surface area contributed by atoms with Gasteiger partial charge < -0.3 is 10.1 Å². The fourth-order valence-corrected chi connectivity index (χ4v) is 4.41. The van der Waals surface area contributed by atoms with E-state index in [1.54, 1.807) is 43.3 Å². The SMILES string of the molecule is CC(Oc1ccc(C#N)cc1)C(=O)Nc1ccc(S(=O)(=O)N2CCCC2)cc1. The molecule has 0 aliphatic carbocycles. The zero-order valence-corrected chi connectivity index (χ0v) is 16.3. The van der Waals surface area contributed by atoms with E-state index in [9.17, 15) is 13.2 Å². The van der Waals surface area contributed by atoms with Crippen molar-refractivity contribution in [3.05, 3.63) is 54.1 Å². The molecular weight excluding hydrogens is 378 g/mol. The van der Waals surface area contributed by atoms with Gasteiger partial charge in [-0.3, -0.25) is 4.79 Å². The third kappa shape index (κ3) is 4.50. The number of hydrogen-bond donors (Lipinski definition) is 1. The molecule has 0 spiro atoms. The number of nitriles is 1. The summed E-state index contributed by atoms with van der Waals surface area (Å²) in [5.41, 5.74) is 0.995. The van der Waals surface area contributed by atoms with Crippen molar-refractivity contribution in [2.45, 2.75) is 30.8 Å². The van der Waals surface area contributed by atoms with E-state index in [2.05, 4.69) is 5.32 Å². The van der Waals surface area contributed by atoms with Crippen LogP contribution < -0.4 is 10.1 Å². The van der Waals surface area contributed by atoms with Gasteiger partial charge in [-0.15, -0.1) is 0 Å². The molecule has 1 fully saturated rings. The summed E-state index contributed by atoms with van der Waals surface area (Å²) in [6, 6.07) is 14.6. The molecule has 0 saturated carbocycles. The van der Waals surface area contributed by atoms with Crippen molar-refractivity contribution in [2.75, 3.05) is 18.4 Å². The Kier molecular flexibility index (Phi) is 5.97. The van der Waals surface area contributed by atoms with Crippen LogP contribution in [0.5, 0.6) is 5.75 Å². The van der Waals surface area contributed by atoms with Crippen molar-refractivity contribution < 1.29 is 17.9 Å². The molecule has 3 rings (SSSR count). The lowest BCUT2D eigenvalue weighted by Gasteiger charge is -2.17. The molecule has 0 aromatic heterocycles. The number of carbonyl (C=O) groups is 1. The first-order valence-electron chi connectivity index (χ1n) is 8.98. The Hall–Kier alpha value is -2.89. The number of amides is 1. The molecule has 0 radical (unpaired) electrons. The summed E-state index contributed by atoms with van der Waals surface area (Å²) < 4.78 is 32.1. The van der Waals surface area contributed by atoms with E-state index in [0.717, 1.165) is 12.8 Å². The topological polar surface area (TPSA) is 99.5 Å². The predicted octanol–water partition coefficient (Wildman–Crippen LogP) is 2.75. The number of carbonyl (C=O) groups excluding carboxylic acids is 1. The lowest BCUT2D eigenvalue weighted by molar-refractivity contribution is -0.122. The maximum Gasteiger partial charge on any atom is 0.265 e. The Balaban J connectivity index is 1.61. The minimum absolute atomic E-state index is 0.217. The van der Waals surface area contributed by atoms with E-state index >= 15 is 0 Å². The van der Waals surface area contributed by atoms with Crippen molar-refractivity contribution in [3.63, 3.8) is 0 Å². The molecular formula is C20H21N3O4S. The van der Waals surface area contributed by atoms with Crippen LogP contribution in [0.3, 0.4) is 0 Å². The summed E-state index contributed by atoms with van der Waals surface area (Å²) in [7, 11) is -3.47. The van der Waals surface area contributed by atoms with Gasteiger partial charge in [0, 0.05) is 18.8 Å². The number of hydrogen-bond acceptors (Lipinski definition) is 5. The van der Waals surface area contributed by atoms with Crippen LogP contribution in [0.1, 0.15) is 25.3 Å². The lowest BCUT2D eigenvalue weighted by Crippen LogP contribution is -2.30. The highest BCUT2D eigenvalue weighted by atomic mass is 32.2. The van der Waals surface area contributed by atoms with Gasteiger partial charge in [-0.05, 0) is 68.3 Å². The Bertz CT molecular complexity index is 974. The van der Waals surface area contributed by atoms with Gasteiger partial charge in [0.25, 0.3) is 5.91 Å². The number of rotatable bonds is 6. The van der Waals surface area contributed by atoms with E-state index in [1.807, 2.05) is 6.07 Å². The molecule has 0 bridgehead atoms. The van der Waals surface area contributed by atoms with Gasteiger partial charge in [-0.1, -0.05) is 0 Å². The molecule has 1 atom stereocenters. The second-order valence-corrected chi connectivity index (χ2v) is 8.46. The zero-order chi connectivity index (χ0) is 20.1. The van der Waals surface area contributed by atoms with Gasteiger partial charge in [0.15, 0.2) is 6.10 Å². The van der Waals surface area contributed by atoms with E-state index in [-0.39, 0.29) is 10.8 Å². The molecule has 1 N–H and O–H groups in total. The predicted molar refractivity (Wildman–Crippen MR) is 104 cm³/mol. The molecule has 1 aliphatic heterocycles. The van der Waals surface area contributed by atoms with Crippen molar-refractivity contribution in [2.24, 2.45) is 0 Å². The third-order valence-corrected chi connectivity index (χ3v) is 6.40. The van der Waals surface area contributed by atoms with Crippen molar-refractivity contribution in [3.8, 4) is 11.8 Å². The number of ether oxygens (including phenoxy) is 1. The average Bonchev–Trinajstić information content (AvgIpc) is 3.25. The van der Waals surface area contributed by atoms with Crippen LogP contribution >= 0.6 is 0 Å². The molecule has 28 heavy (non-hydrogen) atoms. The minimum atomic E-state index is -3.47. The van der Waals surface area contributed by atoms with Crippen LogP contribution in [-0.2, 0) is 14.8 Å². The normalized spacial score (nSPS) is 15.6. The lowest BCUT2D eigenvalue weighted by atomic mass is 10.2. The van der Waals surface area contributed by atoms with Crippen LogP contribution in [0.2, 0.25) is 0 Å². The first-order valence-corrected chi connectivity index (χ1v) is 10.4. The molecule has 146 valence electrons. The summed E-state index contributed by atoms with van der Waals surface area (Å²) in [6.07, 6.45) is 0.996. The van der Waals surface area contributed by atoms with Gasteiger partial charge in [-0.25, -0.2) is 8.42 Å². The molecule has 7 nitrogen and oxygen atoms in total. The Labute approximate surface area is 164 Å². The van der Waals surface area contributed by atoms with Crippen LogP contribution in [0, 0.1) is 11.3 Å².